The number of nitrogens with zero attached hydrogens (tertiary/aromatic N) is 1. The zero-order valence-corrected chi connectivity index (χ0v) is 20.2. The Morgan fingerprint density at radius 3 is 2.26 bits per heavy atom. The second-order valence-electron chi connectivity index (χ2n) is 7.41. The average molecular weight is 494 g/mol. The van der Waals surface area contributed by atoms with Crippen LogP contribution >= 0.6 is 11.8 Å². The van der Waals surface area contributed by atoms with Gasteiger partial charge in [-0.15, -0.1) is 0 Å². The van der Waals surface area contributed by atoms with Crippen LogP contribution in [0, 0.1) is 6.92 Å². The number of anilines is 1. The largest absolute Gasteiger partial charge is 0.431 e. The van der Waals surface area contributed by atoms with E-state index in [0.29, 0.717) is 27.9 Å². The molecule has 0 spiro atoms. The summed E-state index contributed by atoms with van der Waals surface area (Å²) >= 11 is 1.17. The second kappa shape index (κ2) is 10.3. The Morgan fingerprint density at radius 1 is 0.971 bits per heavy atom. The van der Waals surface area contributed by atoms with Gasteiger partial charge in [0.25, 0.3) is 5.22 Å². The molecule has 0 radical (unpaired) electrons. The van der Waals surface area contributed by atoms with Crippen molar-refractivity contribution in [1.29, 1.82) is 0 Å². The fraction of sp³-hybridized carbons (Fsp3) is 0.120. The van der Waals surface area contributed by atoms with Crippen LogP contribution in [0.2, 0.25) is 0 Å². The van der Waals surface area contributed by atoms with Gasteiger partial charge in [0, 0.05) is 16.8 Å². The first-order valence-corrected chi connectivity index (χ1v) is 12.9. The molecule has 2 N–H and O–H groups in total. The van der Waals surface area contributed by atoms with E-state index < -0.39 is 10.0 Å². The van der Waals surface area contributed by atoms with Crippen molar-refractivity contribution in [2.24, 2.45) is 0 Å². The summed E-state index contributed by atoms with van der Waals surface area (Å²) in [7, 11) is -2.28. The van der Waals surface area contributed by atoms with Crippen molar-refractivity contribution in [3.63, 3.8) is 0 Å². The van der Waals surface area contributed by atoms with Crippen LogP contribution in [0.3, 0.4) is 0 Å². The van der Waals surface area contributed by atoms with Gasteiger partial charge in [-0.2, -0.15) is 0 Å². The summed E-state index contributed by atoms with van der Waals surface area (Å²) in [5.74, 6) is 0.378. The number of thioether (sulfide) groups is 1. The molecule has 0 saturated heterocycles. The molecule has 0 fully saturated rings. The van der Waals surface area contributed by atoms with Crippen molar-refractivity contribution in [2.45, 2.75) is 17.0 Å². The number of hydrogen-bond acceptors (Lipinski definition) is 6. The van der Waals surface area contributed by atoms with E-state index in [-0.39, 0.29) is 16.6 Å². The third kappa shape index (κ3) is 5.39. The summed E-state index contributed by atoms with van der Waals surface area (Å²) in [4.78, 5) is 17.3. The molecular formula is C25H23N3O4S2. The van der Waals surface area contributed by atoms with E-state index in [1.807, 2.05) is 60.7 Å². The molecule has 0 aliphatic heterocycles. The molecule has 9 heteroatoms. The van der Waals surface area contributed by atoms with Crippen LogP contribution in [0.15, 0.2) is 93.4 Å². The van der Waals surface area contributed by atoms with Gasteiger partial charge < -0.3 is 9.73 Å². The van der Waals surface area contributed by atoms with Crippen LogP contribution in [0.4, 0.5) is 5.69 Å². The smallest absolute Gasteiger partial charge is 0.257 e. The molecule has 0 aliphatic rings. The molecule has 1 aromatic heterocycles. The third-order valence-electron chi connectivity index (χ3n) is 5.05. The average Bonchev–Trinajstić information content (AvgIpc) is 3.29. The number of aromatic nitrogens is 1. The summed E-state index contributed by atoms with van der Waals surface area (Å²) < 4.78 is 32.7. The highest BCUT2D eigenvalue weighted by atomic mass is 32.2. The first-order chi connectivity index (χ1) is 16.4. The lowest BCUT2D eigenvalue weighted by atomic mass is 10.1. The number of hydrogen-bond donors (Lipinski definition) is 2. The Kier molecular flexibility index (Phi) is 7.16. The van der Waals surface area contributed by atoms with Crippen molar-refractivity contribution >= 4 is 33.4 Å². The Hall–Kier alpha value is -3.40. The monoisotopic (exact) mass is 493 g/mol. The minimum atomic E-state index is -3.63. The molecule has 0 unspecified atom stereocenters. The normalized spacial score (nSPS) is 11.4. The van der Waals surface area contributed by atoms with Gasteiger partial charge in [-0.3, -0.25) is 4.79 Å². The molecular weight excluding hydrogens is 470 g/mol. The zero-order chi connectivity index (χ0) is 24.1. The van der Waals surface area contributed by atoms with Crippen LogP contribution in [0.5, 0.6) is 0 Å². The van der Waals surface area contributed by atoms with Gasteiger partial charge in [-0.05, 0) is 31.7 Å². The molecule has 34 heavy (non-hydrogen) atoms. The molecule has 174 valence electrons. The van der Waals surface area contributed by atoms with E-state index in [4.69, 9.17) is 4.42 Å². The summed E-state index contributed by atoms with van der Waals surface area (Å²) in [5.41, 5.74) is 3.49. The quantitative estimate of drug-likeness (QED) is 0.337. The first-order valence-electron chi connectivity index (χ1n) is 10.5. The summed E-state index contributed by atoms with van der Waals surface area (Å²) in [6, 6.07) is 24.2. The van der Waals surface area contributed by atoms with Crippen molar-refractivity contribution < 1.29 is 17.6 Å². The second-order valence-corrected chi connectivity index (χ2v) is 10.2. The van der Waals surface area contributed by atoms with Crippen molar-refractivity contribution in [2.75, 3.05) is 18.1 Å². The predicted molar refractivity (Wildman–Crippen MR) is 134 cm³/mol. The number of carbonyl (C=O) groups excluding carboxylic acids is 1. The SMILES string of the molecule is CNS(=O)(=O)c1cc(NC(=O)CSc2nc(-c3ccccc3)c(-c3ccccc3)o2)ccc1C. The lowest BCUT2D eigenvalue weighted by Gasteiger charge is -2.10. The number of oxazole rings is 1. The molecule has 1 amide bonds. The van der Waals surface area contributed by atoms with Crippen LogP contribution in [0.1, 0.15) is 5.56 Å². The highest BCUT2D eigenvalue weighted by Gasteiger charge is 2.19. The van der Waals surface area contributed by atoms with Gasteiger partial charge in [0.05, 0.1) is 10.6 Å². The zero-order valence-electron chi connectivity index (χ0n) is 18.6. The standard InChI is InChI=1S/C25H23N3O4S2/c1-17-13-14-20(15-21(17)34(30,31)26-2)27-22(29)16-33-25-28-23(18-9-5-3-6-10-18)24(32-25)19-11-7-4-8-12-19/h3-15,26H,16H2,1-2H3,(H,27,29). The van der Waals surface area contributed by atoms with Gasteiger partial charge in [0.1, 0.15) is 5.69 Å². The molecule has 0 atom stereocenters. The fourth-order valence-corrected chi connectivity index (χ4v) is 4.96. The molecule has 0 bridgehead atoms. The van der Waals surface area contributed by atoms with Gasteiger partial charge in [-0.1, -0.05) is 78.5 Å². The van der Waals surface area contributed by atoms with E-state index in [1.165, 1.54) is 24.9 Å². The topological polar surface area (TPSA) is 101 Å². The summed E-state index contributed by atoms with van der Waals surface area (Å²) in [5, 5.41) is 3.11. The number of aryl methyl sites for hydroxylation is 1. The lowest BCUT2D eigenvalue weighted by molar-refractivity contribution is -0.113. The number of nitrogens with one attached hydrogen (secondary N) is 2. The van der Waals surface area contributed by atoms with Gasteiger partial charge in [-0.25, -0.2) is 18.1 Å². The molecule has 4 rings (SSSR count). The number of rotatable bonds is 8. The first kappa shape index (κ1) is 23.7. The third-order valence-corrected chi connectivity index (χ3v) is 7.43. The number of benzene rings is 3. The highest BCUT2D eigenvalue weighted by molar-refractivity contribution is 7.99. The number of sulfonamides is 1. The van der Waals surface area contributed by atoms with Gasteiger partial charge in [0.15, 0.2) is 5.76 Å². The Morgan fingerprint density at radius 2 is 1.62 bits per heavy atom. The van der Waals surface area contributed by atoms with Crippen LogP contribution in [0.25, 0.3) is 22.6 Å². The van der Waals surface area contributed by atoms with E-state index in [2.05, 4.69) is 15.0 Å². The van der Waals surface area contributed by atoms with E-state index in [1.54, 1.807) is 19.1 Å². The Labute approximate surface area is 202 Å². The van der Waals surface area contributed by atoms with Crippen LogP contribution in [-0.4, -0.2) is 32.1 Å². The molecule has 1 heterocycles. The Balaban J connectivity index is 1.52. The molecule has 3 aromatic carbocycles. The maximum atomic E-state index is 12.6. The van der Waals surface area contributed by atoms with Crippen LogP contribution in [-0.2, 0) is 14.8 Å². The molecule has 0 aliphatic carbocycles. The maximum absolute atomic E-state index is 12.6. The van der Waals surface area contributed by atoms with E-state index in [0.717, 1.165) is 11.1 Å². The predicted octanol–water partition coefficient (Wildman–Crippen LogP) is 4.96. The summed E-state index contributed by atoms with van der Waals surface area (Å²) in [6.07, 6.45) is 0. The maximum Gasteiger partial charge on any atom is 0.257 e. The summed E-state index contributed by atoms with van der Waals surface area (Å²) in [6.45, 7) is 1.70. The van der Waals surface area contributed by atoms with Crippen molar-refractivity contribution in [3.05, 3.63) is 84.4 Å². The van der Waals surface area contributed by atoms with Crippen LogP contribution < -0.4 is 10.0 Å². The van der Waals surface area contributed by atoms with E-state index >= 15 is 0 Å². The minimum absolute atomic E-state index is 0.0466. The highest BCUT2D eigenvalue weighted by Crippen LogP contribution is 2.35. The lowest BCUT2D eigenvalue weighted by Crippen LogP contribution is -2.20. The van der Waals surface area contributed by atoms with Gasteiger partial charge >= 0.3 is 0 Å². The van der Waals surface area contributed by atoms with Crippen molar-refractivity contribution in [3.8, 4) is 22.6 Å². The number of carbonyl (C=O) groups is 1. The van der Waals surface area contributed by atoms with Crippen molar-refractivity contribution in [1.82, 2.24) is 9.71 Å². The Bertz CT molecular complexity index is 1350. The van der Waals surface area contributed by atoms with E-state index in [9.17, 15) is 13.2 Å². The molecule has 4 aromatic rings. The molecule has 7 nitrogen and oxygen atoms in total. The minimum Gasteiger partial charge on any atom is -0.431 e. The number of amides is 1. The van der Waals surface area contributed by atoms with Gasteiger partial charge in [0.2, 0.25) is 15.9 Å². The fourth-order valence-electron chi connectivity index (χ4n) is 3.34. The molecule has 0 saturated carbocycles.